The highest BCUT2D eigenvalue weighted by molar-refractivity contribution is 5.76. The Labute approximate surface area is 160 Å². The van der Waals surface area contributed by atoms with Crippen LogP contribution in [0.1, 0.15) is 23.6 Å². The lowest BCUT2D eigenvalue weighted by molar-refractivity contribution is -0.121. The lowest BCUT2D eigenvalue weighted by atomic mass is 10.1. The van der Waals surface area contributed by atoms with Crippen molar-refractivity contribution < 1.29 is 18.7 Å². The van der Waals surface area contributed by atoms with Gasteiger partial charge in [-0.05, 0) is 55.9 Å². The first kappa shape index (κ1) is 20.7. The Hall–Kier alpha value is -2.60. The van der Waals surface area contributed by atoms with E-state index in [-0.39, 0.29) is 17.8 Å². The van der Waals surface area contributed by atoms with Crippen LogP contribution in [0.3, 0.4) is 0 Å². The van der Waals surface area contributed by atoms with Gasteiger partial charge in [-0.25, -0.2) is 4.39 Å². The van der Waals surface area contributed by atoms with Gasteiger partial charge in [0, 0.05) is 13.0 Å². The van der Waals surface area contributed by atoms with Gasteiger partial charge in [-0.1, -0.05) is 18.2 Å². The summed E-state index contributed by atoms with van der Waals surface area (Å²) in [6.07, 6.45) is 0.981. The molecule has 6 heteroatoms. The molecule has 1 amide bonds. The van der Waals surface area contributed by atoms with E-state index in [2.05, 4.69) is 5.32 Å². The highest BCUT2D eigenvalue weighted by Crippen LogP contribution is 2.28. The number of nitrogens with zero attached hydrogens (tertiary/aromatic N) is 1. The molecule has 0 aliphatic heterocycles. The van der Waals surface area contributed by atoms with Crippen LogP contribution in [0.2, 0.25) is 0 Å². The van der Waals surface area contributed by atoms with Crippen LogP contribution in [-0.4, -0.2) is 45.7 Å². The fourth-order valence-corrected chi connectivity index (χ4v) is 2.88. The first-order chi connectivity index (χ1) is 12.9. The number of halogens is 1. The van der Waals surface area contributed by atoms with Crippen LogP contribution in [0.4, 0.5) is 4.39 Å². The number of hydrogen-bond donors (Lipinski definition) is 1. The molecule has 1 unspecified atom stereocenters. The molecule has 0 aliphatic rings. The summed E-state index contributed by atoms with van der Waals surface area (Å²) in [5.41, 5.74) is 1.96. The number of nitrogens with one attached hydrogen (secondary N) is 1. The highest BCUT2D eigenvalue weighted by Gasteiger charge is 2.15. The third kappa shape index (κ3) is 5.96. The molecule has 2 aromatic carbocycles. The molecule has 0 aromatic heterocycles. The number of amides is 1. The number of aryl methyl sites for hydroxylation is 1. The molecule has 0 aliphatic carbocycles. The molecule has 0 saturated carbocycles. The predicted molar refractivity (Wildman–Crippen MR) is 104 cm³/mol. The summed E-state index contributed by atoms with van der Waals surface area (Å²) >= 11 is 0. The summed E-state index contributed by atoms with van der Waals surface area (Å²) in [7, 11) is 7.05. The number of carbonyl (C=O) groups is 1. The maximum atomic E-state index is 13.1. The van der Waals surface area contributed by atoms with Crippen molar-refractivity contribution >= 4 is 5.91 Å². The van der Waals surface area contributed by atoms with Gasteiger partial charge in [0.2, 0.25) is 5.91 Å². The Morgan fingerprint density at radius 1 is 1.07 bits per heavy atom. The van der Waals surface area contributed by atoms with Crippen molar-refractivity contribution in [2.75, 3.05) is 34.9 Å². The zero-order valence-electron chi connectivity index (χ0n) is 16.3. The van der Waals surface area contributed by atoms with Crippen molar-refractivity contribution in [3.8, 4) is 11.5 Å². The van der Waals surface area contributed by atoms with E-state index >= 15 is 0 Å². The lowest BCUT2D eigenvalue weighted by Crippen LogP contribution is -2.34. The predicted octanol–water partition coefficient (Wildman–Crippen LogP) is 3.19. The Morgan fingerprint density at radius 3 is 2.33 bits per heavy atom. The second-order valence-corrected chi connectivity index (χ2v) is 6.52. The molecule has 0 saturated heterocycles. The highest BCUT2D eigenvalue weighted by atomic mass is 19.1. The molecule has 0 radical (unpaired) electrons. The smallest absolute Gasteiger partial charge is 0.220 e. The van der Waals surface area contributed by atoms with Crippen molar-refractivity contribution in [1.82, 2.24) is 10.2 Å². The van der Waals surface area contributed by atoms with Crippen molar-refractivity contribution in [2.45, 2.75) is 18.9 Å². The van der Waals surface area contributed by atoms with E-state index < -0.39 is 0 Å². The number of methoxy groups -OCH3 is 2. The Balaban J connectivity index is 1.90. The standard InChI is InChI=1S/C21H27FN2O3/c1-24(2)18(16-7-9-17(22)10-8-16)14-23-21(25)12-6-15-5-11-19(26-3)20(13-15)27-4/h5,7-11,13,18H,6,12,14H2,1-4H3,(H,23,25). The van der Waals surface area contributed by atoms with Crippen LogP contribution in [0, 0.1) is 5.82 Å². The molecular weight excluding hydrogens is 347 g/mol. The summed E-state index contributed by atoms with van der Waals surface area (Å²) in [6, 6.07) is 12.0. The van der Waals surface area contributed by atoms with Crippen molar-refractivity contribution in [2.24, 2.45) is 0 Å². The molecular formula is C21H27FN2O3. The maximum absolute atomic E-state index is 13.1. The molecule has 0 bridgehead atoms. The largest absolute Gasteiger partial charge is 0.493 e. The van der Waals surface area contributed by atoms with E-state index in [9.17, 15) is 9.18 Å². The quantitative estimate of drug-likeness (QED) is 0.732. The Bertz CT molecular complexity index is 748. The Morgan fingerprint density at radius 2 is 1.74 bits per heavy atom. The van der Waals surface area contributed by atoms with Gasteiger partial charge in [-0.3, -0.25) is 4.79 Å². The normalized spacial score (nSPS) is 11.9. The van der Waals surface area contributed by atoms with Crippen LogP contribution in [0.25, 0.3) is 0 Å². The van der Waals surface area contributed by atoms with Crippen molar-refractivity contribution in [3.63, 3.8) is 0 Å². The minimum Gasteiger partial charge on any atom is -0.493 e. The first-order valence-electron chi connectivity index (χ1n) is 8.84. The molecule has 5 nitrogen and oxygen atoms in total. The fraction of sp³-hybridized carbons (Fsp3) is 0.381. The molecule has 2 aromatic rings. The third-order valence-electron chi connectivity index (χ3n) is 4.46. The minimum atomic E-state index is -0.268. The van der Waals surface area contributed by atoms with E-state index in [0.717, 1.165) is 11.1 Å². The van der Waals surface area contributed by atoms with Gasteiger partial charge in [-0.2, -0.15) is 0 Å². The zero-order chi connectivity index (χ0) is 19.8. The van der Waals surface area contributed by atoms with Crippen LogP contribution >= 0.6 is 0 Å². The van der Waals surface area contributed by atoms with E-state index in [1.165, 1.54) is 12.1 Å². The van der Waals surface area contributed by atoms with Crippen LogP contribution < -0.4 is 14.8 Å². The molecule has 1 atom stereocenters. The SMILES string of the molecule is COc1ccc(CCC(=O)NCC(c2ccc(F)cc2)N(C)C)cc1OC. The van der Waals surface area contributed by atoms with Gasteiger partial charge < -0.3 is 19.7 Å². The van der Waals surface area contributed by atoms with Gasteiger partial charge in [0.05, 0.1) is 20.3 Å². The van der Waals surface area contributed by atoms with E-state index in [4.69, 9.17) is 9.47 Å². The monoisotopic (exact) mass is 374 g/mol. The number of hydrogen-bond acceptors (Lipinski definition) is 4. The average Bonchev–Trinajstić information content (AvgIpc) is 2.67. The summed E-state index contributed by atoms with van der Waals surface area (Å²) in [5, 5.41) is 2.97. The number of carbonyl (C=O) groups excluding carboxylic acids is 1. The summed E-state index contributed by atoms with van der Waals surface area (Å²) in [6.45, 7) is 0.462. The molecule has 0 spiro atoms. The Kier molecular flexibility index (Phi) is 7.61. The average molecular weight is 374 g/mol. The summed E-state index contributed by atoms with van der Waals surface area (Å²) in [5.74, 6) is 1.02. The second-order valence-electron chi connectivity index (χ2n) is 6.52. The number of benzene rings is 2. The van der Waals surface area contributed by atoms with E-state index in [1.807, 2.05) is 37.2 Å². The third-order valence-corrected chi connectivity index (χ3v) is 4.46. The molecule has 146 valence electrons. The second kappa shape index (κ2) is 9.92. The molecule has 0 heterocycles. The zero-order valence-corrected chi connectivity index (χ0v) is 16.3. The van der Waals surface area contributed by atoms with Gasteiger partial charge in [0.25, 0.3) is 0 Å². The summed E-state index contributed by atoms with van der Waals surface area (Å²) < 4.78 is 23.6. The number of ether oxygens (including phenoxy) is 2. The van der Waals surface area contributed by atoms with Crippen LogP contribution in [0.15, 0.2) is 42.5 Å². The number of likely N-dealkylation sites (N-methyl/N-ethyl adjacent to an activating group) is 1. The molecule has 27 heavy (non-hydrogen) atoms. The lowest BCUT2D eigenvalue weighted by Gasteiger charge is -2.25. The summed E-state index contributed by atoms with van der Waals surface area (Å²) in [4.78, 5) is 14.3. The van der Waals surface area contributed by atoms with Gasteiger partial charge in [0.1, 0.15) is 5.82 Å². The molecule has 1 N–H and O–H groups in total. The van der Waals surface area contributed by atoms with Crippen molar-refractivity contribution in [1.29, 1.82) is 0 Å². The fourth-order valence-electron chi connectivity index (χ4n) is 2.88. The molecule has 2 rings (SSSR count). The molecule has 0 fully saturated rings. The van der Waals surface area contributed by atoms with Crippen LogP contribution in [0.5, 0.6) is 11.5 Å². The van der Waals surface area contributed by atoms with Gasteiger partial charge >= 0.3 is 0 Å². The van der Waals surface area contributed by atoms with Gasteiger partial charge in [0.15, 0.2) is 11.5 Å². The van der Waals surface area contributed by atoms with Crippen LogP contribution in [-0.2, 0) is 11.2 Å². The minimum absolute atomic E-state index is 0.0179. The first-order valence-corrected chi connectivity index (χ1v) is 8.84. The van der Waals surface area contributed by atoms with E-state index in [1.54, 1.807) is 26.4 Å². The van der Waals surface area contributed by atoms with E-state index in [0.29, 0.717) is 30.9 Å². The maximum Gasteiger partial charge on any atom is 0.220 e. The van der Waals surface area contributed by atoms with Crippen molar-refractivity contribution in [3.05, 3.63) is 59.4 Å². The number of rotatable bonds is 9. The topological polar surface area (TPSA) is 50.8 Å². The van der Waals surface area contributed by atoms with Gasteiger partial charge in [-0.15, -0.1) is 0 Å².